The van der Waals surface area contributed by atoms with Crippen LogP contribution in [-0.2, 0) is 19.2 Å². The molecule has 1 aromatic carbocycles. The molecule has 0 radical (unpaired) electrons. The van der Waals surface area contributed by atoms with Crippen molar-refractivity contribution in [2.75, 3.05) is 0 Å². The van der Waals surface area contributed by atoms with Gasteiger partial charge in [-0.2, -0.15) is 0 Å². The molecule has 1 aromatic rings. The lowest BCUT2D eigenvalue weighted by molar-refractivity contribution is -0.185. The molecule has 0 amide bonds. The molecule has 24 heavy (non-hydrogen) atoms. The van der Waals surface area contributed by atoms with Crippen molar-refractivity contribution in [2.45, 2.75) is 0 Å². The van der Waals surface area contributed by atoms with Crippen LogP contribution in [0, 0.1) is 10.8 Å². The molecule has 0 aromatic heterocycles. The second-order valence-corrected chi connectivity index (χ2v) is 5.14. The van der Waals surface area contributed by atoms with Gasteiger partial charge in [0.05, 0.1) is 0 Å². The van der Waals surface area contributed by atoms with E-state index in [0.29, 0.717) is 17.7 Å². The average molecular weight is 332 g/mol. The Morgan fingerprint density at radius 1 is 0.708 bits per heavy atom. The SMILES string of the molecule is O=C(O)C1(C(=O)O)C=CC(c2ccccc2)=CC1(C(=O)O)C(=O)O. The lowest BCUT2D eigenvalue weighted by Gasteiger charge is -2.37. The van der Waals surface area contributed by atoms with E-state index in [-0.39, 0.29) is 5.57 Å². The van der Waals surface area contributed by atoms with Crippen molar-refractivity contribution in [3.63, 3.8) is 0 Å². The zero-order valence-corrected chi connectivity index (χ0v) is 12.0. The topological polar surface area (TPSA) is 149 Å². The first-order valence-corrected chi connectivity index (χ1v) is 6.61. The fourth-order valence-electron chi connectivity index (χ4n) is 2.68. The van der Waals surface area contributed by atoms with E-state index in [2.05, 4.69) is 0 Å². The summed E-state index contributed by atoms with van der Waals surface area (Å²) < 4.78 is 0. The molecule has 0 saturated carbocycles. The van der Waals surface area contributed by atoms with Crippen molar-refractivity contribution in [1.82, 2.24) is 0 Å². The summed E-state index contributed by atoms with van der Waals surface area (Å²) in [4.78, 5) is 46.7. The molecule has 0 fully saturated rings. The third-order valence-corrected chi connectivity index (χ3v) is 3.96. The fraction of sp³-hybridized carbons (Fsp3) is 0.125. The standard InChI is InChI=1S/C16H12O8/c17-11(18)15(12(19)20)7-6-10(9-4-2-1-3-5-9)8-16(15,13(21)22)14(23)24/h1-8H,(H,17,18)(H,19,20)(H,21,22)(H,23,24). The molecule has 8 nitrogen and oxygen atoms in total. The Hall–Kier alpha value is -3.42. The summed E-state index contributed by atoms with van der Waals surface area (Å²) in [5.41, 5.74) is -5.86. The molecule has 4 N–H and O–H groups in total. The molecule has 0 spiro atoms. The van der Waals surface area contributed by atoms with Crippen LogP contribution in [0.5, 0.6) is 0 Å². The number of hydrogen-bond donors (Lipinski definition) is 4. The maximum Gasteiger partial charge on any atom is 0.327 e. The van der Waals surface area contributed by atoms with Crippen molar-refractivity contribution in [3.05, 3.63) is 54.1 Å². The van der Waals surface area contributed by atoms with Crippen molar-refractivity contribution in [3.8, 4) is 0 Å². The Bertz CT molecular complexity index is 760. The zero-order valence-electron chi connectivity index (χ0n) is 12.0. The van der Waals surface area contributed by atoms with Gasteiger partial charge in [0.25, 0.3) is 0 Å². The third kappa shape index (κ3) is 2.08. The highest BCUT2D eigenvalue weighted by molar-refractivity contribution is 6.17. The summed E-state index contributed by atoms with van der Waals surface area (Å²) in [6.45, 7) is 0. The molecule has 0 atom stereocenters. The van der Waals surface area contributed by atoms with E-state index in [4.69, 9.17) is 0 Å². The van der Waals surface area contributed by atoms with Crippen LogP contribution in [-0.4, -0.2) is 44.3 Å². The maximum absolute atomic E-state index is 11.7. The van der Waals surface area contributed by atoms with Gasteiger partial charge in [0.2, 0.25) is 10.8 Å². The lowest BCUT2D eigenvalue weighted by atomic mass is 9.59. The van der Waals surface area contributed by atoms with Crippen LogP contribution in [0.15, 0.2) is 48.6 Å². The third-order valence-electron chi connectivity index (χ3n) is 3.96. The van der Waals surface area contributed by atoms with Crippen LogP contribution in [0.2, 0.25) is 0 Å². The van der Waals surface area contributed by atoms with E-state index in [1.165, 1.54) is 0 Å². The van der Waals surface area contributed by atoms with E-state index in [9.17, 15) is 39.6 Å². The zero-order chi connectivity index (χ0) is 18.1. The Kier molecular flexibility index (Phi) is 3.99. The van der Waals surface area contributed by atoms with E-state index < -0.39 is 34.7 Å². The van der Waals surface area contributed by atoms with Gasteiger partial charge in [0, 0.05) is 0 Å². The highest BCUT2D eigenvalue weighted by atomic mass is 16.4. The van der Waals surface area contributed by atoms with Crippen LogP contribution in [0.1, 0.15) is 5.56 Å². The first kappa shape index (κ1) is 16.9. The van der Waals surface area contributed by atoms with E-state index >= 15 is 0 Å². The molecule has 1 aliphatic carbocycles. The molecule has 124 valence electrons. The predicted molar refractivity (Wildman–Crippen MR) is 79.0 cm³/mol. The molecule has 0 bridgehead atoms. The smallest absolute Gasteiger partial charge is 0.327 e. The largest absolute Gasteiger partial charge is 0.480 e. The summed E-state index contributed by atoms with van der Waals surface area (Å²) in [7, 11) is 0. The first-order chi connectivity index (χ1) is 11.2. The number of aliphatic carboxylic acids is 4. The Labute approximate surface area is 135 Å². The molecule has 0 saturated heterocycles. The predicted octanol–water partition coefficient (Wildman–Crippen LogP) is 0.951. The minimum Gasteiger partial charge on any atom is -0.480 e. The number of rotatable bonds is 5. The molecular weight excluding hydrogens is 320 g/mol. The van der Waals surface area contributed by atoms with Gasteiger partial charge < -0.3 is 20.4 Å². The highest BCUT2D eigenvalue weighted by Gasteiger charge is 2.70. The van der Waals surface area contributed by atoms with Crippen LogP contribution in [0.3, 0.4) is 0 Å². The molecule has 0 heterocycles. The van der Waals surface area contributed by atoms with Gasteiger partial charge in [-0.25, -0.2) is 0 Å². The molecular formula is C16H12O8. The number of benzene rings is 1. The Balaban J connectivity index is 2.85. The molecule has 0 unspecified atom stereocenters. The maximum atomic E-state index is 11.7. The summed E-state index contributed by atoms with van der Waals surface area (Å²) >= 11 is 0. The van der Waals surface area contributed by atoms with Crippen molar-refractivity contribution < 1.29 is 39.6 Å². The molecule has 0 aliphatic heterocycles. The molecule has 2 rings (SSSR count). The van der Waals surface area contributed by atoms with Gasteiger partial charge in [-0.1, -0.05) is 42.5 Å². The van der Waals surface area contributed by atoms with Crippen molar-refractivity contribution in [2.24, 2.45) is 10.8 Å². The van der Waals surface area contributed by atoms with Crippen molar-refractivity contribution >= 4 is 29.5 Å². The highest BCUT2D eigenvalue weighted by Crippen LogP contribution is 2.48. The van der Waals surface area contributed by atoms with Gasteiger partial charge in [0.1, 0.15) is 0 Å². The number of hydrogen-bond acceptors (Lipinski definition) is 4. The van der Waals surface area contributed by atoms with Gasteiger partial charge >= 0.3 is 23.9 Å². The van der Waals surface area contributed by atoms with E-state index in [1.807, 2.05) is 0 Å². The van der Waals surface area contributed by atoms with E-state index in [1.54, 1.807) is 30.3 Å². The fourth-order valence-corrected chi connectivity index (χ4v) is 2.68. The summed E-state index contributed by atoms with van der Waals surface area (Å²) in [5, 5.41) is 37.7. The molecule has 8 heteroatoms. The lowest BCUT2D eigenvalue weighted by Crippen LogP contribution is -2.60. The second-order valence-electron chi connectivity index (χ2n) is 5.14. The number of carboxylic acid groups (broad SMARTS) is 4. The van der Waals surface area contributed by atoms with Gasteiger partial charge in [-0.05, 0) is 17.2 Å². The van der Waals surface area contributed by atoms with Crippen LogP contribution in [0.4, 0.5) is 0 Å². The summed E-state index contributed by atoms with van der Waals surface area (Å²) in [6.07, 6.45) is 2.36. The Morgan fingerprint density at radius 2 is 1.17 bits per heavy atom. The number of carboxylic acids is 4. The number of allylic oxidation sites excluding steroid dienone is 2. The van der Waals surface area contributed by atoms with Crippen LogP contribution < -0.4 is 0 Å². The summed E-state index contributed by atoms with van der Waals surface area (Å²) in [6, 6.07) is 8.02. The van der Waals surface area contributed by atoms with Gasteiger partial charge in [-0.15, -0.1) is 0 Å². The first-order valence-electron chi connectivity index (χ1n) is 6.61. The summed E-state index contributed by atoms with van der Waals surface area (Å²) in [5.74, 6) is -8.34. The minimum atomic E-state index is -3.20. The average Bonchev–Trinajstić information content (AvgIpc) is 2.53. The van der Waals surface area contributed by atoms with Gasteiger partial charge in [0.15, 0.2) is 0 Å². The quantitative estimate of drug-likeness (QED) is 0.582. The van der Waals surface area contributed by atoms with Crippen molar-refractivity contribution in [1.29, 1.82) is 0 Å². The Morgan fingerprint density at radius 3 is 1.58 bits per heavy atom. The number of carbonyl (C=O) groups is 4. The second kappa shape index (κ2) is 5.65. The van der Waals surface area contributed by atoms with Crippen LogP contribution >= 0.6 is 0 Å². The normalized spacial score (nSPS) is 17.6. The van der Waals surface area contributed by atoms with Crippen LogP contribution in [0.25, 0.3) is 5.57 Å². The van der Waals surface area contributed by atoms with E-state index in [0.717, 1.165) is 6.08 Å². The minimum absolute atomic E-state index is 0.0959. The molecule has 1 aliphatic rings. The van der Waals surface area contributed by atoms with Gasteiger partial charge in [-0.3, -0.25) is 19.2 Å². The monoisotopic (exact) mass is 332 g/mol.